The van der Waals surface area contributed by atoms with Crippen LogP contribution in [0.3, 0.4) is 0 Å². The van der Waals surface area contributed by atoms with Gasteiger partial charge in [0.25, 0.3) is 5.91 Å². The number of nitrogens with zero attached hydrogens (tertiary/aromatic N) is 3. The van der Waals surface area contributed by atoms with E-state index in [0.29, 0.717) is 11.0 Å². The first kappa shape index (κ1) is 18.4. The SMILES string of the molecule is Cc1ccc(NC(=O)CSC2=Nc3ccccc3C3=N[C@H](C)C(=O)N23)cc1C. The Hall–Kier alpha value is -2.93. The van der Waals surface area contributed by atoms with Crippen LogP contribution in [0.5, 0.6) is 0 Å². The summed E-state index contributed by atoms with van der Waals surface area (Å²) in [6.45, 7) is 5.81. The second-order valence-corrected chi connectivity index (χ2v) is 7.79. The molecule has 7 heteroatoms. The van der Waals surface area contributed by atoms with E-state index >= 15 is 0 Å². The molecule has 2 aliphatic rings. The maximum absolute atomic E-state index is 12.6. The topological polar surface area (TPSA) is 74.1 Å². The number of aliphatic imine (C=N–C) groups is 2. The average molecular weight is 392 g/mol. The van der Waals surface area contributed by atoms with Crippen LogP contribution in [0.4, 0.5) is 11.4 Å². The molecule has 2 heterocycles. The first-order chi connectivity index (χ1) is 13.4. The maximum atomic E-state index is 12.6. The first-order valence-corrected chi connectivity index (χ1v) is 10.0. The van der Waals surface area contributed by atoms with Crippen molar-refractivity contribution in [2.45, 2.75) is 26.8 Å². The third-order valence-electron chi connectivity index (χ3n) is 4.78. The molecule has 4 rings (SSSR count). The average Bonchev–Trinajstić information content (AvgIpc) is 2.98. The maximum Gasteiger partial charge on any atom is 0.258 e. The van der Waals surface area contributed by atoms with E-state index in [0.717, 1.165) is 22.5 Å². The molecule has 0 unspecified atom stereocenters. The zero-order valence-electron chi connectivity index (χ0n) is 15.9. The van der Waals surface area contributed by atoms with Gasteiger partial charge in [0.2, 0.25) is 5.91 Å². The molecule has 2 aromatic rings. The molecule has 6 nitrogen and oxygen atoms in total. The van der Waals surface area contributed by atoms with Crippen LogP contribution < -0.4 is 5.32 Å². The summed E-state index contributed by atoms with van der Waals surface area (Å²) in [5.74, 6) is 0.498. The molecule has 142 valence electrons. The fraction of sp³-hybridized carbons (Fsp3) is 0.238. The van der Waals surface area contributed by atoms with Crippen LogP contribution in [0.1, 0.15) is 23.6 Å². The lowest BCUT2D eigenvalue weighted by Gasteiger charge is -2.25. The fourth-order valence-electron chi connectivity index (χ4n) is 3.12. The summed E-state index contributed by atoms with van der Waals surface area (Å²) in [5.41, 5.74) is 4.66. The number of nitrogens with one attached hydrogen (secondary N) is 1. The number of fused-ring (bicyclic) bond motifs is 3. The molecule has 1 N–H and O–H groups in total. The van der Waals surface area contributed by atoms with Crippen molar-refractivity contribution in [3.63, 3.8) is 0 Å². The highest BCUT2D eigenvalue weighted by Gasteiger charge is 2.39. The Balaban J connectivity index is 1.52. The molecule has 28 heavy (non-hydrogen) atoms. The van der Waals surface area contributed by atoms with Crippen LogP contribution >= 0.6 is 11.8 Å². The molecule has 0 spiro atoms. The monoisotopic (exact) mass is 392 g/mol. The Morgan fingerprint density at radius 3 is 2.75 bits per heavy atom. The van der Waals surface area contributed by atoms with Gasteiger partial charge < -0.3 is 5.32 Å². The summed E-state index contributed by atoms with van der Waals surface area (Å²) in [6, 6.07) is 13.0. The minimum Gasteiger partial charge on any atom is -0.325 e. The molecule has 2 aromatic carbocycles. The fourth-order valence-corrected chi connectivity index (χ4v) is 3.92. The Morgan fingerprint density at radius 2 is 1.96 bits per heavy atom. The van der Waals surface area contributed by atoms with Crippen molar-refractivity contribution in [1.82, 2.24) is 4.90 Å². The zero-order valence-corrected chi connectivity index (χ0v) is 16.7. The number of amidine groups is 2. The van der Waals surface area contributed by atoms with E-state index in [1.165, 1.54) is 22.2 Å². The van der Waals surface area contributed by atoms with E-state index < -0.39 is 6.04 Å². The quantitative estimate of drug-likeness (QED) is 0.866. The smallest absolute Gasteiger partial charge is 0.258 e. The molecular formula is C21H20N4O2S. The summed E-state index contributed by atoms with van der Waals surface area (Å²) >= 11 is 1.24. The van der Waals surface area contributed by atoms with Crippen molar-refractivity contribution in [2.24, 2.45) is 9.98 Å². The van der Waals surface area contributed by atoms with Gasteiger partial charge in [-0.15, -0.1) is 0 Å². The number of rotatable bonds is 3. The lowest BCUT2D eigenvalue weighted by atomic mass is 10.1. The van der Waals surface area contributed by atoms with Crippen LogP contribution in [0, 0.1) is 13.8 Å². The molecule has 1 atom stereocenters. The van der Waals surface area contributed by atoms with E-state index in [2.05, 4.69) is 15.3 Å². The summed E-state index contributed by atoms with van der Waals surface area (Å²) in [5, 5.41) is 3.39. The number of anilines is 1. The largest absolute Gasteiger partial charge is 0.325 e. The van der Waals surface area contributed by atoms with Gasteiger partial charge in [0, 0.05) is 11.3 Å². The number of aryl methyl sites for hydroxylation is 2. The van der Waals surface area contributed by atoms with E-state index in [9.17, 15) is 9.59 Å². The van der Waals surface area contributed by atoms with Crippen molar-refractivity contribution in [3.05, 3.63) is 59.2 Å². The van der Waals surface area contributed by atoms with Crippen molar-refractivity contribution in [2.75, 3.05) is 11.1 Å². The number of amides is 2. The van der Waals surface area contributed by atoms with Gasteiger partial charge in [-0.05, 0) is 56.2 Å². The van der Waals surface area contributed by atoms with E-state index in [1.54, 1.807) is 6.92 Å². The molecule has 0 aliphatic carbocycles. The lowest BCUT2D eigenvalue weighted by Crippen LogP contribution is -2.41. The number of hydrogen-bond donors (Lipinski definition) is 1. The Bertz CT molecular complexity index is 1040. The number of thioether (sulfide) groups is 1. The highest BCUT2D eigenvalue weighted by atomic mass is 32.2. The number of carbonyl (C=O) groups excluding carboxylic acids is 2. The minimum absolute atomic E-state index is 0.120. The third-order valence-corrected chi connectivity index (χ3v) is 5.72. The Morgan fingerprint density at radius 1 is 1.18 bits per heavy atom. The standard InChI is InChI=1S/C21H20N4O2S/c1-12-8-9-15(10-13(12)2)23-18(26)11-28-21-24-17-7-5-4-6-16(17)19-22-14(3)20(27)25(19)21/h4-10,14H,11H2,1-3H3,(H,23,26)/t14-/m1/s1. The van der Waals surface area contributed by atoms with Crippen LogP contribution in [0.15, 0.2) is 52.4 Å². The summed E-state index contributed by atoms with van der Waals surface area (Å²) < 4.78 is 0. The Labute approximate surface area is 167 Å². The van der Waals surface area contributed by atoms with E-state index in [4.69, 9.17) is 0 Å². The molecule has 2 amide bonds. The summed E-state index contributed by atoms with van der Waals surface area (Å²) in [4.78, 5) is 35.6. The van der Waals surface area contributed by atoms with Crippen molar-refractivity contribution in [3.8, 4) is 0 Å². The van der Waals surface area contributed by atoms with Crippen LogP contribution in [-0.2, 0) is 9.59 Å². The second-order valence-electron chi connectivity index (χ2n) is 6.85. The molecular weight excluding hydrogens is 372 g/mol. The molecule has 0 bridgehead atoms. The first-order valence-electron chi connectivity index (χ1n) is 9.04. The van der Waals surface area contributed by atoms with Crippen LogP contribution in [0.2, 0.25) is 0 Å². The highest BCUT2D eigenvalue weighted by Crippen LogP contribution is 2.33. The minimum atomic E-state index is -0.448. The lowest BCUT2D eigenvalue weighted by molar-refractivity contribution is -0.124. The highest BCUT2D eigenvalue weighted by molar-refractivity contribution is 8.14. The molecule has 0 saturated carbocycles. The van der Waals surface area contributed by atoms with Crippen molar-refractivity contribution in [1.29, 1.82) is 0 Å². The normalized spacial score (nSPS) is 17.6. The predicted molar refractivity (Wildman–Crippen MR) is 113 cm³/mol. The Kier molecular flexibility index (Phi) is 4.77. The van der Waals surface area contributed by atoms with Crippen molar-refractivity contribution < 1.29 is 9.59 Å². The molecule has 0 radical (unpaired) electrons. The van der Waals surface area contributed by atoms with Gasteiger partial charge in [0.1, 0.15) is 11.9 Å². The number of para-hydroxylation sites is 1. The van der Waals surface area contributed by atoms with Gasteiger partial charge in [-0.3, -0.25) is 14.6 Å². The molecule has 0 aromatic heterocycles. The molecule has 2 aliphatic heterocycles. The third kappa shape index (κ3) is 3.33. The van der Waals surface area contributed by atoms with E-state index in [-0.39, 0.29) is 17.6 Å². The van der Waals surface area contributed by atoms with Crippen LogP contribution in [-0.4, -0.2) is 39.5 Å². The van der Waals surface area contributed by atoms with Gasteiger partial charge in [0.15, 0.2) is 5.17 Å². The predicted octanol–water partition coefficient (Wildman–Crippen LogP) is 3.65. The number of benzene rings is 2. The van der Waals surface area contributed by atoms with Gasteiger partial charge in [-0.1, -0.05) is 30.0 Å². The summed E-state index contributed by atoms with van der Waals surface area (Å²) in [6.07, 6.45) is 0. The zero-order chi connectivity index (χ0) is 19.8. The second kappa shape index (κ2) is 7.24. The van der Waals surface area contributed by atoms with Gasteiger partial charge in [-0.25, -0.2) is 9.89 Å². The number of hydrogen-bond acceptors (Lipinski definition) is 5. The molecule has 0 fully saturated rings. The molecule has 0 saturated heterocycles. The van der Waals surface area contributed by atoms with Gasteiger partial charge in [-0.2, -0.15) is 0 Å². The van der Waals surface area contributed by atoms with Crippen LogP contribution in [0.25, 0.3) is 0 Å². The summed E-state index contributed by atoms with van der Waals surface area (Å²) in [7, 11) is 0. The van der Waals surface area contributed by atoms with Crippen molar-refractivity contribution >= 4 is 46.0 Å². The number of carbonyl (C=O) groups is 2. The van der Waals surface area contributed by atoms with Gasteiger partial charge in [0.05, 0.1) is 11.4 Å². The van der Waals surface area contributed by atoms with E-state index in [1.807, 2.05) is 56.3 Å². The van der Waals surface area contributed by atoms with Gasteiger partial charge >= 0.3 is 0 Å².